The quantitative estimate of drug-likeness (QED) is 0.187. The van der Waals surface area contributed by atoms with Crippen molar-refractivity contribution in [2.45, 2.75) is 38.5 Å². The van der Waals surface area contributed by atoms with Gasteiger partial charge >= 0.3 is 0 Å². The lowest BCUT2D eigenvalue weighted by Crippen LogP contribution is -2.37. The highest BCUT2D eigenvalue weighted by atomic mass is 79.9. The Bertz CT molecular complexity index is 1750. The van der Waals surface area contributed by atoms with Crippen molar-refractivity contribution in [2.75, 3.05) is 31.2 Å². The lowest BCUT2D eigenvalue weighted by atomic mass is 9.76. The minimum Gasteiger partial charge on any atom is -0.490 e. The number of amidine groups is 1. The Hall–Kier alpha value is -4.01. The first-order valence-corrected chi connectivity index (χ1v) is 17.5. The van der Waals surface area contributed by atoms with Crippen LogP contribution in [-0.4, -0.2) is 37.4 Å². The molecule has 0 saturated carbocycles. The molecule has 1 amide bonds. The molecule has 1 fully saturated rings. The number of ether oxygens (including phenoxy) is 2. The Labute approximate surface area is 283 Å². The van der Waals surface area contributed by atoms with E-state index in [-0.39, 0.29) is 5.91 Å². The summed E-state index contributed by atoms with van der Waals surface area (Å²) < 4.78 is 12.4. The number of hydrogen-bond acceptors (Lipinski definition) is 6. The van der Waals surface area contributed by atoms with Crippen molar-refractivity contribution in [2.24, 2.45) is 4.99 Å². The highest BCUT2D eigenvalue weighted by molar-refractivity contribution is 9.10. The summed E-state index contributed by atoms with van der Waals surface area (Å²) in [6.07, 6.45) is 4.00. The molecule has 234 valence electrons. The number of halogens is 1. The van der Waals surface area contributed by atoms with Crippen molar-refractivity contribution in [3.05, 3.63) is 122 Å². The molecule has 0 bridgehead atoms. The third kappa shape index (κ3) is 6.08. The van der Waals surface area contributed by atoms with E-state index in [9.17, 15) is 4.79 Å². The average Bonchev–Trinajstić information content (AvgIpc) is 3.41. The molecular weight excluding hydrogens is 658 g/mol. The van der Waals surface area contributed by atoms with Gasteiger partial charge in [0.1, 0.15) is 0 Å². The van der Waals surface area contributed by atoms with Crippen LogP contribution in [0.5, 0.6) is 11.5 Å². The first kappa shape index (κ1) is 30.6. The number of benzene rings is 4. The largest absolute Gasteiger partial charge is 0.490 e. The van der Waals surface area contributed by atoms with Crippen molar-refractivity contribution in [3.8, 4) is 11.5 Å². The van der Waals surface area contributed by atoms with Crippen LogP contribution >= 0.6 is 27.7 Å². The molecule has 46 heavy (non-hydrogen) atoms. The standard InChI is InChI=1S/C38H36BrN3O3S/c1-3-44-33-20-24(19-32(39)36(33)45-4-2)21-34-37(43)41-38(46-34)40-27-22-30-28(25-11-7-5-8-12-25)15-17-42-18-16-29(31(23-27)35(30)42)26-13-9-6-10-14-26/h5-14,19-23,28-29H,3-4,15-18H2,1-2H3,(H,40,41,43)/b34-21-/t28-,29-/m1/s1. The third-order valence-corrected chi connectivity index (χ3v) is 10.3. The molecule has 0 radical (unpaired) electrons. The van der Waals surface area contributed by atoms with Gasteiger partial charge in [-0.3, -0.25) is 4.79 Å². The van der Waals surface area contributed by atoms with E-state index in [1.807, 2.05) is 32.1 Å². The molecular formula is C38H36BrN3O3S. The van der Waals surface area contributed by atoms with Crippen molar-refractivity contribution in [1.29, 1.82) is 0 Å². The van der Waals surface area contributed by atoms with Crippen molar-refractivity contribution in [3.63, 3.8) is 0 Å². The predicted octanol–water partition coefficient (Wildman–Crippen LogP) is 9.02. The van der Waals surface area contributed by atoms with E-state index >= 15 is 0 Å². The van der Waals surface area contributed by atoms with Gasteiger partial charge in [-0.25, -0.2) is 4.99 Å². The van der Waals surface area contributed by atoms with E-state index in [1.165, 1.54) is 39.7 Å². The monoisotopic (exact) mass is 693 g/mol. The van der Waals surface area contributed by atoms with E-state index in [4.69, 9.17) is 14.5 Å². The summed E-state index contributed by atoms with van der Waals surface area (Å²) in [5.41, 5.74) is 8.37. The van der Waals surface area contributed by atoms with Crippen molar-refractivity contribution in [1.82, 2.24) is 5.32 Å². The number of hydrogen-bond donors (Lipinski definition) is 1. The van der Waals surface area contributed by atoms with Crippen LogP contribution in [0.15, 0.2) is 99.3 Å². The summed E-state index contributed by atoms with van der Waals surface area (Å²) in [5, 5.41) is 3.59. The second-order valence-electron chi connectivity index (χ2n) is 11.6. The van der Waals surface area contributed by atoms with Gasteiger partial charge in [0.15, 0.2) is 16.7 Å². The highest BCUT2D eigenvalue weighted by Gasteiger charge is 2.35. The van der Waals surface area contributed by atoms with Gasteiger partial charge in [-0.2, -0.15) is 0 Å². The number of carbonyl (C=O) groups excluding carboxylic acids is 1. The van der Waals surface area contributed by atoms with Crippen LogP contribution < -0.4 is 19.7 Å². The van der Waals surface area contributed by atoms with Crippen molar-refractivity contribution < 1.29 is 14.3 Å². The Morgan fingerprint density at radius 3 is 2.09 bits per heavy atom. The molecule has 1 saturated heterocycles. The van der Waals surface area contributed by atoms with Crippen LogP contribution in [0.1, 0.15) is 66.3 Å². The maximum Gasteiger partial charge on any atom is 0.264 e. The number of anilines is 1. The molecule has 3 heterocycles. The van der Waals surface area contributed by atoms with E-state index in [0.717, 1.165) is 41.7 Å². The van der Waals surface area contributed by atoms with Crippen LogP contribution in [-0.2, 0) is 4.79 Å². The minimum atomic E-state index is -0.165. The van der Waals surface area contributed by atoms with E-state index < -0.39 is 0 Å². The average molecular weight is 695 g/mol. The fourth-order valence-electron chi connectivity index (χ4n) is 6.87. The summed E-state index contributed by atoms with van der Waals surface area (Å²) in [7, 11) is 0. The fourth-order valence-corrected chi connectivity index (χ4v) is 8.29. The van der Waals surface area contributed by atoms with Crippen LogP contribution in [0.25, 0.3) is 6.08 Å². The summed E-state index contributed by atoms with van der Waals surface area (Å²) in [5.74, 6) is 1.72. The molecule has 4 aromatic rings. The normalized spacial score (nSPS) is 20.5. The summed E-state index contributed by atoms with van der Waals surface area (Å²) >= 11 is 4.98. The Kier molecular flexibility index (Phi) is 8.91. The number of nitrogens with one attached hydrogen (secondary N) is 1. The van der Waals surface area contributed by atoms with E-state index in [1.54, 1.807) is 0 Å². The molecule has 2 atom stereocenters. The smallest absolute Gasteiger partial charge is 0.264 e. The lowest BCUT2D eigenvalue weighted by molar-refractivity contribution is -0.115. The van der Waals surface area contributed by atoms with Crippen LogP contribution in [0.4, 0.5) is 11.4 Å². The number of carbonyl (C=O) groups is 1. The molecule has 0 spiro atoms. The van der Waals surface area contributed by atoms with Crippen LogP contribution in [0, 0.1) is 0 Å². The first-order valence-electron chi connectivity index (χ1n) is 15.9. The number of amides is 1. The Balaban J connectivity index is 1.27. The number of aliphatic imine (C=N–C) groups is 1. The lowest BCUT2D eigenvalue weighted by Gasteiger charge is -2.43. The number of thioether (sulfide) groups is 1. The highest BCUT2D eigenvalue weighted by Crippen LogP contribution is 2.50. The van der Waals surface area contributed by atoms with Gasteiger partial charge in [0.25, 0.3) is 5.91 Å². The second kappa shape index (κ2) is 13.4. The maximum absolute atomic E-state index is 13.2. The Morgan fingerprint density at radius 2 is 1.50 bits per heavy atom. The molecule has 3 aliphatic rings. The molecule has 6 nitrogen and oxygen atoms in total. The van der Waals surface area contributed by atoms with Gasteiger partial charge in [-0.1, -0.05) is 60.7 Å². The molecule has 0 aromatic heterocycles. The summed E-state index contributed by atoms with van der Waals surface area (Å²) in [6.45, 7) is 7.00. The number of rotatable bonds is 8. The maximum atomic E-state index is 13.2. The predicted molar refractivity (Wildman–Crippen MR) is 192 cm³/mol. The number of nitrogens with zero attached hydrogens (tertiary/aromatic N) is 2. The minimum absolute atomic E-state index is 0.165. The van der Waals surface area contributed by atoms with Gasteiger partial charge in [0.2, 0.25) is 0 Å². The van der Waals surface area contributed by atoms with Crippen molar-refractivity contribution >= 4 is 56.2 Å². The summed E-state index contributed by atoms with van der Waals surface area (Å²) in [6, 6.07) is 30.0. The second-order valence-corrected chi connectivity index (χ2v) is 13.5. The van der Waals surface area contributed by atoms with Gasteiger partial charge in [-0.05, 0) is 113 Å². The summed E-state index contributed by atoms with van der Waals surface area (Å²) in [4.78, 5) is 21.4. The Morgan fingerprint density at radius 1 is 0.891 bits per heavy atom. The van der Waals surface area contributed by atoms with Crippen LogP contribution in [0.3, 0.4) is 0 Å². The molecule has 0 unspecified atom stereocenters. The molecule has 8 heteroatoms. The third-order valence-electron chi connectivity index (χ3n) is 8.80. The SMILES string of the molecule is CCOc1cc(/C=C2\SC(=Nc3cc4c5c(c3)[C@@H](c3ccccc3)CCN5CC[C@@H]4c3ccccc3)NC2=O)cc(Br)c1OCC. The topological polar surface area (TPSA) is 63.2 Å². The van der Waals surface area contributed by atoms with Gasteiger partial charge in [0.05, 0.1) is 28.3 Å². The molecule has 0 aliphatic carbocycles. The molecule has 7 rings (SSSR count). The zero-order valence-corrected chi connectivity index (χ0v) is 28.4. The zero-order valence-electron chi connectivity index (χ0n) is 26.0. The van der Waals surface area contributed by atoms with Gasteiger partial charge in [0, 0.05) is 30.6 Å². The van der Waals surface area contributed by atoms with Gasteiger partial charge in [-0.15, -0.1) is 0 Å². The first-order chi connectivity index (χ1) is 22.5. The molecule has 3 aliphatic heterocycles. The van der Waals surface area contributed by atoms with Crippen LogP contribution in [0.2, 0.25) is 0 Å². The van der Waals surface area contributed by atoms with E-state index in [2.05, 4.69) is 98.9 Å². The fraction of sp³-hybridized carbons (Fsp3) is 0.263. The molecule has 1 N–H and O–H groups in total. The molecule has 4 aromatic carbocycles. The van der Waals surface area contributed by atoms with E-state index in [0.29, 0.717) is 46.6 Å². The zero-order chi connectivity index (χ0) is 31.6. The van der Waals surface area contributed by atoms with Gasteiger partial charge < -0.3 is 19.7 Å².